The van der Waals surface area contributed by atoms with Crippen LogP contribution in [-0.4, -0.2) is 36.8 Å². The number of unbranched alkanes of at least 4 members (excludes halogenated alkanes) is 1. The minimum atomic E-state index is -0.0894. The Balaban J connectivity index is 2.57. The summed E-state index contributed by atoms with van der Waals surface area (Å²) in [5.74, 6) is 0.277. The lowest BCUT2D eigenvalue weighted by Gasteiger charge is -2.17. The van der Waals surface area contributed by atoms with E-state index in [1.807, 2.05) is 0 Å². The van der Waals surface area contributed by atoms with E-state index in [-0.39, 0.29) is 18.3 Å². The quantitative estimate of drug-likeness (QED) is 0.612. The number of carbonyl (C=O) groups excluding carboxylic acids is 2. The van der Waals surface area contributed by atoms with Gasteiger partial charge in [-0.05, 0) is 31.5 Å². The lowest BCUT2D eigenvalue weighted by atomic mass is 10.1. The molecule has 0 spiro atoms. The molecule has 0 radical (unpaired) electrons. The molecule has 5 heteroatoms. The van der Waals surface area contributed by atoms with E-state index in [2.05, 4.69) is 6.92 Å². The molecular formula is C15H22N2O3. The second-order valence-corrected chi connectivity index (χ2v) is 4.77. The standard InChI is InChI=1S/C15H22N2O3/c1-4-5-8-17(3)15(19)10-20-14-7-6-12(11(2)18)9-13(14)16/h6-7,9H,4-5,8,10,16H2,1-3H3. The van der Waals surface area contributed by atoms with Crippen molar-refractivity contribution in [1.29, 1.82) is 0 Å². The number of carbonyl (C=O) groups is 2. The van der Waals surface area contributed by atoms with Crippen LogP contribution in [0.1, 0.15) is 37.0 Å². The van der Waals surface area contributed by atoms with E-state index in [1.165, 1.54) is 6.92 Å². The number of anilines is 1. The first kappa shape index (κ1) is 16.0. The van der Waals surface area contributed by atoms with Crippen molar-refractivity contribution in [2.45, 2.75) is 26.7 Å². The Morgan fingerprint density at radius 2 is 2.05 bits per heavy atom. The summed E-state index contributed by atoms with van der Waals surface area (Å²) >= 11 is 0. The van der Waals surface area contributed by atoms with Crippen LogP contribution in [0.2, 0.25) is 0 Å². The monoisotopic (exact) mass is 278 g/mol. The zero-order valence-corrected chi connectivity index (χ0v) is 12.3. The van der Waals surface area contributed by atoms with Crippen LogP contribution in [0.3, 0.4) is 0 Å². The van der Waals surface area contributed by atoms with Crippen LogP contribution in [0.15, 0.2) is 18.2 Å². The van der Waals surface area contributed by atoms with Crippen LogP contribution in [0.5, 0.6) is 5.75 Å². The number of nitrogens with zero attached hydrogens (tertiary/aromatic N) is 1. The average Bonchev–Trinajstić information content (AvgIpc) is 2.42. The minimum absolute atomic E-state index is 0.0518. The van der Waals surface area contributed by atoms with Crippen LogP contribution in [0, 0.1) is 0 Å². The van der Waals surface area contributed by atoms with E-state index in [1.54, 1.807) is 30.1 Å². The van der Waals surface area contributed by atoms with Gasteiger partial charge in [-0.2, -0.15) is 0 Å². The lowest BCUT2D eigenvalue weighted by Crippen LogP contribution is -2.32. The van der Waals surface area contributed by atoms with E-state index >= 15 is 0 Å². The first-order valence-corrected chi connectivity index (χ1v) is 6.73. The summed E-state index contributed by atoms with van der Waals surface area (Å²) in [6.45, 7) is 4.22. The number of nitrogens with two attached hydrogens (primary N) is 1. The van der Waals surface area contributed by atoms with Gasteiger partial charge >= 0.3 is 0 Å². The Morgan fingerprint density at radius 3 is 2.60 bits per heavy atom. The minimum Gasteiger partial charge on any atom is -0.482 e. The predicted molar refractivity (Wildman–Crippen MR) is 78.9 cm³/mol. The summed E-state index contributed by atoms with van der Waals surface area (Å²) in [5, 5.41) is 0. The average molecular weight is 278 g/mol. The third-order valence-electron chi connectivity index (χ3n) is 3.04. The van der Waals surface area contributed by atoms with Crippen molar-refractivity contribution in [3.05, 3.63) is 23.8 Å². The van der Waals surface area contributed by atoms with Gasteiger partial charge in [-0.3, -0.25) is 9.59 Å². The molecule has 1 amide bonds. The molecule has 0 saturated heterocycles. The van der Waals surface area contributed by atoms with Gasteiger partial charge in [0.15, 0.2) is 12.4 Å². The molecule has 0 saturated carbocycles. The fourth-order valence-electron chi connectivity index (χ4n) is 1.67. The summed E-state index contributed by atoms with van der Waals surface area (Å²) in [6, 6.07) is 4.81. The van der Waals surface area contributed by atoms with Crippen molar-refractivity contribution in [2.24, 2.45) is 0 Å². The molecule has 0 aliphatic heterocycles. The summed E-state index contributed by atoms with van der Waals surface area (Å²) in [4.78, 5) is 24.7. The molecule has 0 atom stereocenters. The maximum Gasteiger partial charge on any atom is 0.260 e. The fourth-order valence-corrected chi connectivity index (χ4v) is 1.67. The van der Waals surface area contributed by atoms with Gasteiger partial charge in [-0.25, -0.2) is 0 Å². The van der Waals surface area contributed by atoms with E-state index in [0.717, 1.165) is 19.4 Å². The van der Waals surface area contributed by atoms with Gasteiger partial charge in [0.05, 0.1) is 5.69 Å². The van der Waals surface area contributed by atoms with Crippen LogP contribution < -0.4 is 10.5 Å². The summed E-state index contributed by atoms with van der Waals surface area (Å²) in [6.07, 6.45) is 2.01. The molecule has 0 fully saturated rings. The number of hydrogen-bond donors (Lipinski definition) is 1. The third-order valence-corrected chi connectivity index (χ3v) is 3.04. The highest BCUT2D eigenvalue weighted by Gasteiger charge is 2.11. The Hall–Kier alpha value is -2.04. The molecular weight excluding hydrogens is 256 g/mol. The van der Waals surface area contributed by atoms with Gasteiger partial charge in [0.2, 0.25) is 0 Å². The Labute approximate surface area is 119 Å². The SMILES string of the molecule is CCCCN(C)C(=O)COc1ccc(C(C)=O)cc1N. The molecule has 1 aromatic carbocycles. The van der Waals surface area contributed by atoms with Gasteiger partial charge in [-0.1, -0.05) is 13.3 Å². The predicted octanol–water partition coefficient (Wildman–Crippen LogP) is 2.11. The number of benzene rings is 1. The third kappa shape index (κ3) is 4.57. The zero-order chi connectivity index (χ0) is 15.1. The highest BCUT2D eigenvalue weighted by atomic mass is 16.5. The van der Waals surface area contributed by atoms with E-state index in [0.29, 0.717) is 17.0 Å². The summed E-state index contributed by atoms with van der Waals surface area (Å²) in [5.41, 5.74) is 6.69. The van der Waals surface area contributed by atoms with Crippen molar-refractivity contribution in [3.8, 4) is 5.75 Å². The first-order valence-electron chi connectivity index (χ1n) is 6.73. The number of rotatable bonds is 7. The van der Waals surface area contributed by atoms with Crippen LogP contribution in [0.25, 0.3) is 0 Å². The molecule has 20 heavy (non-hydrogen) atoms. The fraction of sp³-hybridized carbons (Fsp3) is 0.467. The zero-order valence-electron chi connectivity index (χ0n) is 12.3. The van der Waals surface area contributed by atoms with Gasteiger partial charge in [-0.15, -0.1) is 0 Å². The number of nitrogen functional groups attached to an aromatic ring is 1. The number of hydrogen-bond acceptors (Lipinski definition) is 4. The summed E-state index contributed by atoms with van der Waals surface area (Å²) in [7, 11) is 1.75. The Kier molecular flexibility index (Phi) is 6.03. The van der Waals surface area contributed by atoms with Gasteiger partial charge < -0.3 is 15.4 Å². The number of likely N-dealkylation sites (N-methyl/N-ethyl adjacent to an activating group) is 1. The van der Waals surface area contributed by atoms with E-state index in [9.17, 15) is 9.59 Å². The van der Waals surface area contributed by atoms with E-state index < -0.39 is 0 Å². The maximum absolute atomic E-state index is 11.8. The normalized spacial score (nSPS) is 10.2. The molecule has 0 aliphatic carbocycles. The molecule has 5 nitrogen and oxygen atoms in total. The molecule has 0 unspecified atom stereocenters. The lowest BCUT2D eigenvalue weighted by molar-refractivity contribution is -0.132. The molecule has 0 aliphatic rings. The molecule has 0 aromatic heterocycles. The van der Waals surface area contributed by atoms with Crippen LogP contribution in [0.4, 0.5) is 5.69 Å². The second kappa shape index (κ2) is 7.53. The van der Waals surface area contributed by atoms with Crippen molar-refractivity contribution in [2.75, 3.05) is 25.9 Å². The highest BCUT2D eigenvalue weighted by molar-refractivity contribution is 5.95. The van der Waals surface area contributed by atoms with Crippen molar-refractivity contribution in [1.82, 2.24) is 4.90 Å². The van der Waals surface area contributed by atoms with E-state index in [4.69, 9.17) is 10.5 Å². The molecule has 110 valence electrons. The largest absolute Gasteiger partial charge is 0.482 e. The number of ether oxygens (including phenoxy) is 1. The number of Topliss-reactive ketones (excluding diaryl/α,β-unsaturated/α-hetero) is 1. The molecule has 1 rings (SSSR count). The second-order valence-electron chi connectivity index (χ2n) is 4.77. The Morgan fingerprint density at radius 1 is 1.35 bits per heavy atom. The van der Waals surface area contributed by atoms with Crippen molar-refractivity contribution < 1.29 is 14.3 Å². The number of amides is 1. The van der Waals surface area contributed by atoms with Crippen molar-refractivity contribution >= 4 is 17.4 Å². The topological polar surface area (TPSA) is 72.6 Å². The first-order chi connectivity index (χ1) is 9.45. The van der Waals surface area contributed by atoms with Gasteiger partial charge in [0, 0.05) is 19.2 Å². The number of ketones is 1. The maximum atomic E-state index is 11.8. The van der Waals surface area contributed by atoms with Gasteiger partial charge in [0.25, 0.3) is 5.91 Å². The molecule has 2 N–H and O–H groups in total. The summed E-state index contributed by atoms with van der Waals surface area (Å²) < 4.78 is 5.41. The van der Waals surface area contributed by atoms with Crippen LogP contribution >= 0.6 is 0 Å². The smallest absolute Gasteiger partial charge is 0.260 e. The highest BCUT2D eigenvalue weighted by Crippen LogP contribution is 2.22. The van der Waals surface area contributed by atoms with Crippen LogP contribution in [-0.2, 0) is 4.79 Å². The molecule has 0 heterocycles. The molecule has 1 aromatic rings. The molecule has 0 bridgehead atoms. The van der Waals surface area contributed by atoms with Crippen molar-refractivity contribution in [3.63, 3.8) is 0 Å². The Bertz CT molecular complexity index is 486. The van der Waals surface area contributed by atoms with Gasteiger partial charge in [0.1, 0.15) is 5.75 Å².